The van der Waals surface area contributed by atoms with Crippen molar-refractivity contribution in [2.75, 3.05) is 0 Å². The van der Waals surface area contributed by atoms with Gasteiger partial charge in [0.25, 0.3) is 5.56 Å². The fraction of sp³-hybridized carbons (Fsp3) is 0. The van der Waals surface area contributed by atoms with Crippen LogP contribution in [0.3, 0.4) is 0 Å². The summed E-state index contributed by atoms with van der Waals surface area (Å²) in [4.78, 5) is 17.5. The molecule has 0 saturated carbocycles. The van der Waals surface area contributed by atoms with Gasteiger partial charge in [0.05, 0.1) is 26.9 Å². The average Bonchev–Trinajstić information content (AvgIpc) is 3.52. The quantitative estimate of drug-likeness (QED) is 0.235. The van der Waals surface area contributed by atoms with Gasteiger partial charge in [-0.2, -0.15) is 4.98 Å². The van der Waals surface area contributed by atoms with Crippen LogP contribution < -0.4 is 5.56 Å². The van der Waals surface area contributed by atoms with Crippen LogP contribution in [0.4, 0.5) is 0 Å². The van der Waals surface area contributed by atoms with E-state index in [4.69, 9.17) is 0 Å². The summed E-state index contributed by atoms with van der Waals surface area (Å²) in [5.41, 5.74) is 8.51. The highest BCUT2D eigenvalue weighted by molar-refractivity contribution is 7.23. The molecule has 0 fully saturated rings. The van der Waals surface area contributed by atoms with E-state index in [1.165, 1.54) is 21.8 Å². The molecule has 8 aromatic rings. The molecule has 0 aliphatic rings. The zero-order valence-corrected chi connectivity index (χ0v) is 21.6. The van der Waals surface area contributed by atoms with Crippen LogP contribution >= 0.6 is 11.3 Å². The number of nitrogens with zero attached hydrogens (tertiary/aromatic N) is 3. The van der Waals surface area contributed by atoms with Gasteiger partial charge in [-0.3, -0.25) is 9.20 Å². The molecule has 5 heteroatoms. The van der Waals surface area contributed by atoms with Gasteiger partial charge in [-0.15, -0.1) is 0 Å². The fourth-order valence-corrected chi connectivity index (χ4v) is 6.72. The molecule has 0 amide bonds. The van der Waals surface area contributed by atoms with E-state index in [0.29, 0.717) is 4.96 Å². The van der Waals surface area contributed by atoms with Crippen LogP contribution in [-0.4, -0.2) is 14.0 Å². The molecule has 0 bridgehead atoms. The minimum Gasteiger partial charge on any atom is -0.309 e. The highest BCUT2D eigenvalue weighted by Crippen LogP contribution is 2.37. The second-order valence-electron chi connectivity index (χ2n) is 9.67. The molecule has 3 heterocycles. The molecule has 0 spiro atoms. The predicted molar refractivity (Wildman–Crippen MR) is 162 cm³/mol. The van der Waals surface area contributed by atoms with E-state index in [1.54, 1.807) is 17.4 Å². The number of rotatable bonds is 3. The SMILES string of the molecule is O=c1cc(-c2ccccc2)n2c(n1)sc1cc(-c3ccc4c(c3)c3ccccc3n4-c3ccccc3)ccc12. The Balaban J connectivity index is 1.33. The maximum Gasteiger partial charge on any atom is 0.274 e. The molecular formula is C34H21N3OS. The monoisotopic (exact) mass is 519 g/mol. The molecule has 184 valence electrons. The smallest absolute Gasteiger partial charge is 0.274 e. The van der Waals surface area contributed by atoms with Gasteiger partial charge in [-0.05, 0) is 59.2 Å². The summed E-state index contributed by atoms with van der Waals surface area (Å²) in [6.07, 6.45) is 0. The minimum atomic E-state index is -0.221. The third-order valence-electron chi connectivity index (χ3n) is 7.39. The molecule has 0 atom stereocenters. The summed E-state index contributed by atoms with van der Waals surface area (Å²) in [6, 6.07) is 44.0. The van der Waals surface area contributed by atoms with E-state index in [9.17, 15) is 4.79 Å². The molecule has 3 aromatic heterocycles. The van der Waals surface area contributed by atoms with Gasteiger partial charge >= 0.3 is 0 Å². The molecule has 8 rings (SSSR count). The van der Waals surface area contributed by atoms with Crippen molar-refractivity contribution < 1.29 is 0 Å². The Kier molecular flexibility index (Phi) is 4.81. The second-order valence-corrected chi connectivity index (χ2v) is 10.7. The molecule has 0 N–H and O–H groups in total. The molecule has 0 unspecified atom stereocenters. The Labute approximate surface area is 227 Å². The molecule has 5 aromatic carbocycles. The highest BCUT2D eigenvalue weighted by Gasteiger charge is 2.15. The molecule has 0 radical (unpaired) electrons. The summed E-state index contributed by atoms with van der Waals surface area (Å²) < 4.78 is 5.52. The van der Waals surface area contributed by atoms with E-state index >= 15 is 0 Å². The van der Waals surface area contributed by atoms with Crippen molar-refractivity contribution in [3.8, 4) is 28.1 Å². The lowest BCUT2D eigenvalue weighted by molar-refractivity contribution is 1.15. The number of hydrogen-bond donors (Lipinski definition) is 0. The molecular weight excluding hydrogens is 498 g/mol. The number of thiazole rings is 1. The van der Waals surface area contributed by atoms with E-state index in [2.05, 4.69) is 98.9 Å². The third-order valence-corrected chi connectivity index (χ3v) is 8.39. The Bertz CT molecular complexity index is 2240. The van der Waals surface area contributed by atoms with E-state index in [-0.39, 0.29) is 5.56 Å². The van der Waals surface area contributed by atoms with Crippen molar-refractivity contribution in [1.82, 2.24) is 14.0 Å². The molecule has 0 aliphatic carbocycles. The third kappa shape index (κ3) is 3.44. The first-order chi connectivity index (χ1) is 19.2. The van der Waals surface area contributed by atoms with Gasteiger partial charge in [0.1, 0.15) is 0 Å². The zero-order chi connectivity index (χ0) is 25.9. The van der Waals surface area contributed by atoms with Crippen LogP contribution in [0.15, 0.2) is 132 Å². The zero-order valence-electron chi connectivity index (χ0n) is 20.8. The van der Waals surface area contributed by atoms with E-state index in [0.717, 1.165) is 38.3 Å². The van der Waals surface area contributed by atoms with Gasteiger partial charge in [-0.1, -0.05) is 90.2 Å². The lowest BCUT2D eigenvalue weighted by Gasteiger charge is -2.08. The number of benzene rings is 5. The molecule has 4 nitrogen and oxygen atoms in total. The number of fused-ring (bicyclic) bond motifs is 6. The Morgan fingerprint density at radius 1 is 0.564 bits per heavy atom. The summed E-state index contributed by atoms with van der Waals surface area (Å²) in [7, 11) is 0. The van der Waals surface area contributed by atoms with Gasteiger partial charge in [0.15, 0.2) is 4.96 Å². The lowest BCUT2D eigenvalue weighted by atomic mass is 10.0. The van der Waals surface area contributed by atoms with E-state index < -0.39 is 0 Å². The van der Waals surface area contributed by atoms with Gasteiger partial charge in [0.2, 0.25) is 0 Å². The van der Waals surface area contributed by atoms with Crippen molar-refractivity contribution in [2.24, 2.45) is 0 Å². The standard InChI is InChI=1S/C34H21N3OS/c38-33-21-31(22-9-3-1-4-10-22)37-30-18-16-24(20-32(30)39-34(37)35-33)23-15-17-29-27(19-23)26-13-7-8-14-28(26)36(29)25-11-5-2-6-12-25/h1-21H. The second kappa shape index (κ2) is 8.51. The average molecular weight is 520 g/mol. The van der Waals surface area contributed by atoms with E-state index in [1.807, 2.05) is 36.4 Å². The Hall–Kier alpha value is -5.00. The first-order valence-electron chi connectivity index (χ1n) is 12.9. The van der Waals surface area contributed by atoms with Crippen LogP contribution in [0.25, 0.3) is 65.1 Å². The summed E-state index contributed by atoms with van der Waals surface area (Å²) in [5, 5.41) is 2.46. The Morgan fingerprint density at radius 3 is 2.05 bits per heavy atom. The first-order valence-corrected chi connectivity index (χ1v) is 13.7. The van der Waals surface area contributed by atoms with Crippen LogP contribution in [0.2, 0.25) is 0 Å². The first kappa shape index (κ1) is 22.0. The molecule has 0 saturated heterocycles. The largest absolute Gasteiger partial charge is 0.309 e. The summed E-state index contributed by atoms with van der Waals surface area (Å²) in [6.45, 7) is 0. The minimum absolute atomic E-state index is 0.221. The van der Waals surface area contributed by atoms with Crippen LogP contribution in [0.5, 0.6) is 0 Å². The lowest BCUT2D eigenvalue weighted by Crippen LogP contribution is -2.08. The van der Waals surface area contributed by atoms with Crippen molar-refractivity contribution >= 4 is 48.3 Å². The number of aromatic nitrogens is 3. The van der Waals surface area contributed by atoms with Gasteiger partial charge in [-0.25, -0.2) is 0 Å². The maximum absolute atomic E-state index is 12.5. The predicted octanol–water partition coefficient (Wildman–Crippen LogP) is 8.34. The molecule has 39 heavy (non-hydrogen) atoms. The van der Waals surface area contributed by atoms with Crippen LogP contribution in [-0.2, 0) is 0 Å². The van der Waals surface area contributed by atoms with Crippen molar-refractivity contribution in [1.29, 1.82) is 0 Å². The number of hydrogen-bond acceptors (Lipinski definition) is 3. The highest BCUT2D eigenvalue weighted by atomic mass is 32.1. The molecule has 0 aliphatic heterocycles. The Morgan fingerprint density at radius 2 is 1.23 bits per heavy atom. The van der Waals surface area contributed by atoms with Crippen molar-refractivity contribution in [3.63, 3.8) is 0 Å². The van der Waals surface area contributed by atoms with Gasteiger partial charge in [0, 0.05) is 22.5 Å². The van der Waals surface area contributed by atoms with Crippen LogP contribution in [0, 0.1) is 0 Å². The summed E-state index contributed by atoms with van der Waals surface area (Å²) >= 11 is 1.55. The summed E-state index contributed by atoms with van der Waals surface area (Å²) in [5.74, 6) is 0. The normalized spacial score (nSPS) is 11.7. The maximum atomic E-state index is 12.5. The van der Waals surface area contributed by atoms with Crippen molar-refractivity contribution in [2.45, 2.75) is 0 Å². The van der Waals surface area contributed by atoms with Crippen molar-refractivity contribution in [3.05, 3.63) is 138 Å². The van der Waals surface area contributed by atoms with Gasteiger partial charge < -0.3 is 4.57 Å². The fourth-order valence-electron chi connectivity index (χ4n) is 5.65. The van der Waals surface area contributed by atoms with Crippen LogP contribution in [0.1, 0.15) is 0 Å². The number of para-hydroxylation sites is 2. The topological polar surface area (TPSA) is 39.3 Å².